The zero-order valence-corrected chi connectivity index (χ0v) is 17.6. The second-order valence-electron chi connectivity index (χ2n) is 7.58. The molecule has 2 heterocycles. The highest BCUT2D eigenvalue weighted by atomic mass is 16.1. The summed E-state index contributed by atoms with van der Waals surface area (Å²) in [6.07, 6.45) is 5.80. The van der Waals surface area contributed by atoms with Gasteiger partial charge in [-0.25, -0.2) is 4.98 Å². The van der Waals surface area contributed by atoms with Crippen LogP contribution in [0.25, 0.3) is 0 Å². The topological polar surface area (TPSA) is 81.7 Å². The van der Waals surface area contributed by atoms with Crippen molar-refractivity contribution in [1.29, 1.82) is 0 Å². The average Bonchev–Trinajstić information content (AvgIpc) is 2.68. The highest BCUT2D eigenvalue weighted by Gasteiger charge is 2.14. The van der Waals surface area contributed by atoms with Crippen LogP contribution in [0.2, 0.25) is 0 Å². The quantitative estimate of drug-likeness (QED) is 0.344. The van der Waals surface area contributed by atoms with Gasteiger partial charge in [0.05, 0.1) is 0 Å². The first kappa shape index (κ1) is 22.1. The molecule has 0 aromatic carbocycles. The fourth-order valence-corrected chi connectivity index (χ4v) is 3.15. The molecule has 1 fully saturated rings. The summed E-state index contributed by atoms with van der Waals surface area (Å²) in [6, 6.07) is 3.75. The number of nitrogens with one attached hydrogen (secondary N) is 3. The van der Waals surface area contributed by atoms with Gasteiger partial charge in [-0.3, -0.25) is 9.79 Å². The molecule has 1 saturated heterocycles. The Morgan fingerprint density at radius 2 is 2.07 bits per heavy atom. The number of carbonyl (C=O) groups excluding carboxylic acids is 1. The van der Waals surface area contributed by atoms with Gasteiger partial charge >= 0.3 is 0 Å². The van der Waals surface area contributed by atoms with Crippen molar-refractivity contribution < 1.29 is 4.79 Å². The van der Waals surface area contributed by atoms with E-state index >= 15 is 0 Å². The number of aryl methyl sites for hydroxylation is 1. The molecule has 7 heteroatoms. The molecule has 0 spiro atoms. The van der Waals surface area contributed by atoms with E-state index in [4.69, 9.17) is 0 Å². The number of aliphatic imine (C=N–C) groups is 1. The van der Waals surface area contributed by atoms with Crippen molar-refractivity contribution >= 4 is 17.7 Å². The Balaban J connectivity index is 1.64. The van der Waals surface area contributed by atoms with Gasteiger partial charge in [0, 0.05) is 32.3 Å². The van der Waals surface area contributed by atoms with Crippen molar-refractivity contribution in [2.24, 2.45) is 10.9 Å². The Morgan fingerprint density at radius 1 is 1.29 bits per heavy atom. The van der Waals surface area contributed by atoms with Gasteiger partial charge in [-0.15, -0.1) is 0 Å². The minimum atomic E-state index is -0.0565. The number of anilines is 1. The molecule has 3 N–H and O–H groups in total. The first-order valence-corrected chi connectivity index (χ1v) is 10.5. The summed E-state index contributed by atoms with van der Waals surface area (Å²) in [5.41, 5.74) is 1.07. The molecular formula is C21H36N6O. The number of piperidine rings is 1. The number of pyridine rings is 1. The van der Waals surface area contributed by atoms with E-state index in [1.54, 1.807) is 6.20 Å². The van der Waals surface area contributed by atoms with Crippen molar-refractivity contribution in [3.63, 3.8) is 0 Å². The molecule has 0 saturated carbocycles. The Kier molecular flexibility index (Phi) is 9.76. The summed E-state index contributed by atoms with van der Waals surface area (Å²) in [5, 5.41) is 9.28. The molecule has 0 bridgehead atoms. The number of rotatable bonds is 9. The van der Waals surface area contributed by atoms with Crippen molar-refractivity contribution in [2.75, 3.05) is 44.6 Å². The van der Waals surface area contributed by atoms with Gasteiger partial charge in [-0.2, -0.15) is 0 Å². The third-order valence-electron chi connectivity index (χ3n) is 4.95. The SMILES string of the molecule is CCNC(=NCCCN1CCC(C)CC1)NCCC(=O)Nc1ccc(C)cn1. The summed E-state index contributed by atoms with van der Waals surface area (Å²) < 4.78 is 0. The summed E-state index contributed by atoms with van der Waals surface area (Å²) in [4.78, 5) is 23.4. The van der Waals surface area contributed by atoms with E-state index < -0.39 is 0 Å². The number of likely N-dealkylation sites (tertiary alicyclic amines) is 1. The van der Waals surface area contributed by atoms with Crippen LogP contribution in [0.4, 0.5) is 5.82 Å². The van der Waals surface area contributed by atoms with Gasteiger partial charge in [0.15, 0.2) is 5.96 Å². The van der Waals surface area contributed by atoms with Crippen LogP contribution in [0.5, 0.6) is 0 Å². The monoisotopic (exact) mass is 388 g/mol. The number of hydrogen-bond donors (Lipinski definition) is 3. The van der Waals surface area contributed by atoms with Gasteiger partial charge in [0.1, 0.15) is 5.82 Å². The van der Waals surface area contributed by atoms with E-state index in [0.717, 1.165) is 43.5 Å². The lowest BCUT2D eigenvalue weighted by molar-refractivity contribution is -0.116. The number of hydrogen-bond acceptors (Lipinski definition) is 4. The normalized spacial score (nSPS) is 16.0. The number of nitrogens with zero attached hydrogens (tertiary/aromatic N) is 3. The average molecular weight is 389 g/mol. The zero-order valence-electron chi connectivity index (χ0n) is 17.6. The summed E-state index contributed by atoms with van der Waals surface area (Å²) >= 11 is 0. The molecule has 28 heavy (non-hydrogen) atoms. The largest absolute Gasteiger partial charge is 0.357 e. The Labute approximate surface area is 169 Å². The van der Waals surface area contributed by atoms with E-state index in [9.17, 15) is 4.79 Å². The third-order valence-corrected chi connectivity index (χ3v) is 4.95. The molecular weight excluding hydrogens is 352 g/mol. The number of aromatic nitrogens is 1. The molecule has 7 nitrogen and oxygen atoms in total. The molecule has 1 aliphatic heterocycles. The summed E-state index contributed by atoms with van der Waals surface area (Å²) in [6.45, 7) is 12.0. The molecule has 0 aliphatic carbocycles. The van der Waals surface area contributed by atoms with Crippen LogP contribution in [-0.4, -0.2) is 61.0 Å². The molecule has 0 radical (unpaired) electrons. The van der Waals surface area contributed by atoms with Gasteiger partial charge in [-0.05, 0) is 70.3 Å². The Bertz CT molecular complexity index is 608. The van der Waals surface area contributed by atoms with Gasteiger partial charge in [-0.1, -0.05) is 13.0 Å². The van der Waals surface area contributed by atoms with Gasteiger partial charge in [0.2, 0.25) is 5.91 Å². The van der Waals surface area contributed by atoms with E-state index in [0.29, 0.717) is 18.8 Å². The molecule has 0 unspecified atom stereocenters. The van der Waals surface area contributed by atoms with Crippen molar-refractivity contribution in [3.8, 4) is 0 Å². The van der Waals surface area contributed by atoms with Gasteiger partial charge < -0.3 is 20.9 Å². The number of guanidine groups is 1. The van der Waals surface area contributed by atoms with Crippen LogP contribution in [0, 0.1) is 12.8 Å². The fourth-order valence-electron chi connectivity index (χ4n) is 3.15. The zero-order chi connectivity index (χ0) is 20.2. The molecule has 156 valence electrons. The van der Waals surface area contributed by atoms with Crippen LogP contribution < -0.4 is 16.0 Å². The fraction of sp³-hybridized carbons (Fsp3) is 0.667. The van der Waals surface area contributed by atoms with Gasteiger partial charge in [0.25, 0.3) is 0 Å². The second-order valence-corrected chi connectivity index (χ2v) is 7.58. The maximum atomic E-state index is 12.0. The maximum absolute atomic E-state index is 12.0. The number of carbonyl (C=O) groups is 1. The Hall–Kier alpha value is -2.15. The highest BCUT2D eigenvalue weighted by molar-refractivity contribution is 5.90. The third kappa shape index (κ3) is 8.69. The molecule has 1 aromatic rings. The summed E-state index contributed by atoms with van der Waals surface area (Å²) in [5.74, 6) is 2.18. The van der Waals surface area contributed by atoms with E-state index in [1.807, 2.05) is 26.0 Å². The van der Waals surface area contributed by atoms with Crippen molar-refractivity contribution in [2.45, 2.75) is 46.5 Å². The van der Waals surface area contributed by atoms with Crippen LogP contribution >= 0.6 is 0 Å². The van der Waals surface area contributed by atoms with E-state index in [1.165, 1.54) is 25.9 Å². The first-order valence-electron chi connectivity index (χ1n) is 10.5. The lowest BCUT2D eigenvalue weighted by Gasteiger charge is -2.29. The van der Waals surface area contributed by atoms with Crippen LogP contribution in [0.15, 0.2) is 23.3 Å². The minimum Gasteiger partial charge on any atom is -0.357 e. The first-order chi connectivity index (χ1) is 13.6. The molecule has 1 amide bonds. The predicted molar refractivity (Wildman–Crippen MR) is 116 cm³/mol. The Morgan fingerprint density at radius 3 is 2.75 bits per heavy atom. The van der Waals surface area contributed by atoms with Crippen LogP contribution in [0.3, 0.4) is 0 Å². The standard InChI is InChI=1S/C21H36N6O/c1-4-22-21(23-11-5-13-27-14-9-17(2)10-15-27)24-12-8-20(28)26-19-7-6-18(3)16-25-19/h6-7,16-17H,4-5,8-15H2,1-3H3,(H2,22,23,24)(H,25,26,28). The van der Waals surface area contributed by atoms with E-state index in [-0.39, 0.29) is 5.91 Å². The molecule has 0 atom stereocenters. The van der Waals surface area contributed by atoms with E-state index in [2.05, 4.69) is 37.8 Å². The van der Waals surface area contributed by atoms with Crippen molar-refractivity contribution in [1.82, 2.24) is 20.5 Å². The lowest BCUT2D eigenvalue weighted by Crippen LogP contribution is -2.39. The maximum Gasteiger partial charge on any atom is 0.227 e. The van der Waals surface area contributed by atoms with Crippen LogP contribution in [0.1, 0.15) is 45.1 Å². The summed E-state index contributed by atoms with van der Waals surface area (Å²) in [7, 11) is 0. The van der Waals surface area contributed by atoms with Crippen LogP contribution in [-0.2, 0) is 4.79 Å². The molecule has 2 rings (SSSR count). The second kappa shape index (κ2) is 12.3. The smallest absolute Gasteiger partial charge is 0.227 e. The highest BCUT2D eigenvalue weighted by Crippen LogP contribution is 2.15. The number of amides is 1. The molecule has 1 aromatic heterocycles. The predicted octanol–water partition coefficient (Wildman–Crippen LogP) is 2.40. The lowest BCUT2D eigenvalue weighted by atomic mass is 9.99. The van der Waals surface area contributed by atoms with Crippen molar-refractivity contribution in [3.05, 3.63) is 23.9 Å². The molecule has 1 aliphatic rings. The minimum absolute atomic E-state index is 0.0565.